The van der Waals surface area contributed by atoms with Gasteiger partial charge in [-0.05, 0) is 74.3 Å². The Bertz CT molecular complexity index is 1310. The molecular formula is C26H33FN4O3S2. The lowest BCUT2D eigenvalue weighted by molar-refractivity contribution is 0.0983. The van der Waals surface area contributed by atoms with E-state index >= 15 is 0 Å². The van der Waals surface area contributed by atoms with Gasteiger partial charge in [0.15, 0.2) is 5.13 Å². The zero-order chi connectivity index (χ0) is 25.9. The normalized spacial score (nSPS) is 17.1. The highest BCUT2D eigenvalue weighted by Crippen LogP contribution is 2.31. The fourth-order valence-corrected chi connectivity index (χ4v) is 7.12. The Morgan fingerprint density at radius 3 is 2.53 bits per heavy atom. The summed E-state index contributed by atoms with van der Waals surface area (Å²) in [7, 11) is -3.60. The van der Waals surface area contributed by atoms with Crippen LogP contribution in [-0.2, 0) is 10.0 Å². The van der Waals surface area contributed by atoms with Crippen molar-refractivity contribution in [3.05, 3.63) is 53.8 Å². The first kappa shape index (κ1) is 26.7. The van der Waals surface area contributed by atoms with Gasteiger partial charge in [-0.15, -0.1) is 0 Å². The molecule has 0 N–H and O–H groups in total. The van der Waals surface area contributed by atoms with E-state index in [1.54, 1.807) is 23.1 Å². The fourth-order valence-electron chi connectivity index (χ4n) is 4.51. The first-order valence-corrected chi connectivity index (χ1v) is 14.7. The lowest BCUT2D eigenvalue weighted by Gasteiger charge is -2.30. The molecule has 1 aliphatic heterocycles. The van der Waals surface area contributed by atoms with E-state index in [2.05, 4.69) is 30.7 Å². The SMILES string of the molecule is CCN(CC)CCN(C(=O)c1ccc(S(=O)(=O)N2CCCC(C)C2)cc1)c1nc2ccc(F)cc2s1. The van der Waals surface area contributed by atoms with Crippen molar-refractivity contribution < 1.29 is 17.6 Å². The third-order valence-corrected chi connectivity index (χ3v) is 9.63. The molecule has 36 heavy (non-hydrogen) atoms. The van der Waals surface area contributed by atoms with Gasteiger partial charge in [0, 0.05) is 31.7 Å². The molecule has 0 aliphatic carbocycles. The van der Waals surface area contributed by atoms with Gasteiger partial charge in [-0.3, -0.25) is 9.69 Å². The molecule has 1 fully saturated rings. The van der Waals surface area contributed by atoms with Crippen molar-refractivity contribution in [2.45, 2.75) is 38.5 Å². The van der Waals surface area contributed by atoms with Crippen LogP contribution in [0, 0.1) is 11.7 Å². The molecule has 2 aromatic carbocycles. The molecule has 1 amide bonds. The van der Waals surface area contributed by atoms with Crippen molar-refractivity contribution in [3.63, 3.8) is 0 Å². The maximum Gasteiger partial charge on any atom is 0.260 e. The number of carbonyl (C=O) groups is 1. The molecule has 2 heterocycles. The molecule has 10 heteroatoms. The summed E-state index contributed by atoms with van der Waals surface area (Å²) in [5.74, 6) is -0.285. The number of sulfonamides is 1. The summed E-state index contributed by atoms with van der Waals surface area (Å²) < 4.78 is 42.2. The number of thiazole rings is 1. The van der Waals surface area contributed by atoms with Crippen LogP contribution < -0.4 is 4.90 Å². The quantitative estimate of drug-likeness (QED) is 0.394. The monoisotopic (exact) mass is 532 g/mol. The average Bonchev–Trinajstić information content (AvgIpc) is 3.29. The van der Waals surface area contributed by atoms with E-state index in [1.165, 1.54) is 39.9 Å². The smallest absolute Gasteiger partial charge is 0.260 e. The average molecular weight is 533 g/mol. The van der Waals surface area contributed by atoms with E-state index in [0.717, 1.165) is 25.9 Å². The second kappa shape index (κ2) is 11.3. The zero-order valence-electron chi connectivity index (χ0n) is 21.0. The van der Waals surface area contributed by atoms with Crippen molar-refractivity contribution in [1.29, 1.82) is 0 Å². The highest BCUT2D eigenvalue weighted by Gasteiger charge is 2.29. The van der Waals surface area contributed by atoms with Crippen molar-refractivity contribution in [2.75, 3.05) is 44.2 Å². The largest absolute Gasteiger partial charge is 0.302 e. The van der Waals surface area contributed by atoms with E-state index in [1.807, 2.05) is 0 Å². The van der Waals surface area contributed by atoms with Crippen LogP contribution in [0.1, 0.15) is 44.0 Å². The predicted molar refractivity (Wildman–Crippen MR) is 143 cm³/mol. The topological polar surface area (TPSA) is 73.8 Å². The number of benzene rings is 2. The number of piperidine rings is 1. The standard InChI is InChI=1S/C26H33FN4O3S2/c1-4-29(5-2)15-16-31(26-28-23-13-10-21(27)17-24(23)35-26)25(32)20-8-11-22(12-9-20)36(33,34)30-14-6-7-19(3)18-30/h8-13,17,19H,4-7,14-16,18H2,1-3H3. The number of nitrogens with zero attached hydrogens (tertiary/aromatic N) is 4. The third kappa shape index (κ3) is 5.77. The van der Waals surface area contributed by atoms with E-state index < -0.39 is 10.0 Å². The first-order chi connectivity index (χ1) is 17.2. The van der Waals surface area contributed by atoms with Crippen LogP contribution in [0.5, 0.6) is 0 Å². The summed E-state index contributed by atoms with van der Waals surface area (Å²) >= 11 is 1.27. The minimum absolute atomic E-state index is 0.193. The fraction of sp³-hybridized carbons (Fsp3) is 0.462. The molecule has 1 aliphatic rings. The lowest BCUT2D eigenvalue weighted by Crippen LogP contribution is -2.39. The first-order valence-electron chi connectivity index (χ1n) is 12.4. The van der Waals surface area contributed by atoms with Crippen LogP contribution in [0.25, 0.3) is 10.2 Å². The molecule has 3 aromatic rings. The van der Waals surface area contributed by atoms with Gasteiger partial charge in [0.05, 0.1) is 15.1 Å². The Morgan fingerprint density at radius 2 is 1.86 bits per heavy atom. The van der Waals surface area contributed by atoms with Gasteiger partial charge in [-0.2, -0.15) is 4.31 Å². The second-order valence-corrected chi connectivity index (χ2v) is 12.2. The highest BCUT2D eigenvalue weighted by molar-refractivity contribution is 7.89. The van der Waals surface area contributed by atoms with Gasteiger partial charge in [0.25, 0.3) is 5.91 Å². The number of rotatable bonds is 9. The van der Waals surface area contributed by atoms with Crippen LogP contribution in [-0.4, -0.2) is 67.8 Å². The van der Waals surface area contributed by atoms with Gasteiger partial charge in [-0.1, -0.05) is 32.1 Å². The second-order valence-electron chi connectivity index (χ2n) is 9.23. The van der Waals surface area contributed by atoms with Gasteiger partial charge in [0.2, 0.25) is 10.0 Å². The number of fused-ring (bicyclic) bond motifs is 1. The van der Waals surface area contributed by atoms with Gasteiger partial charge in [0.1, 0.15) is 5.82 Å². The highest BCUT2D eigenvalue weighted by atomic mass is 32.2. The van der Waals surface area contributed by atoms with Crippen molar-refractivity contribution in [3.8, 4) is 0 Å². The number of halogens is 1. The zero-order valence-corrected chi connectivity index (χ0v) is 22.6. The van der Waals surface area contributed by atoms with E-state index in [-0.39, 0.29) is 16.6 Å². The van der Waals surface area contributed by atoms with Gasteiger partial charge in [-0.25, -0.2) is 17.8 Å². The molecule has 1 aromatic heterocycles. The molecule has 4 rings (SSSR count). The number of hydrogen-bond donors (Lipinski definition) is 0. The Balaban J connectivity index is 1.61. The molecule has 0 saturated carbocycles. The van der Waals surface area contributed by atoms with Crippen LogP contribution >= 0.6 is 11.3 Å². The maximum absolute atomic E-state index is 13.7. The number of anilines is 1. The minimum atomic E-state index is -3.60. The van der Waals surface area contributed by atoms with Crippen LogP contribution in [0.4, 0.5) is 9.52 Å². The molecule has 1 unspecified atom stereocenters. The summed E-state index contributed by atoms with van der Waals surface area (Å²) in [6.07, 6.45) is 1.88. The summed E-state index contributed by atoms with van der Waals surface area (Å²) in [5.41, 5.74) is 1.01. The lowest BCUT2D eigenvalue weighted by atomic mass is 10.0. The summed E-state index contributed by atoms with van der Waals surface area (Å²) in [5, 5.41) is 0.492. The van der Waals surface area contributed by atoms with Crippen LogP contribution in [0.15, 0.2) is 47.4 Å². The van der Waals surface area contributed by atoms with E-state index in [0.29, 0.717) is 53.0 Å². The number of hydrogen-bond acceptors (Lipinski definition) is 6. The Kier molecular flexibility index (Phi) is 8.39. The van der Waals surface area contributed by atoms with Gasteiger partial charge < -0.3 is 4.90 Å². The summed E-state index contributed by atoms with van der Waals surface area (Å²) in [6, 6.07) is 10.6. The Hall–Kier alpha value is -2.40. The molecule has 0 bridgehead atoms. The maximum atomic E-state index is 13.7. The van der Waals surface area contributed by atoms with E-state index in [9.17, 15) is 17.6 Å². The number of carbonyl (C=O) groups excluding carboxylic acids is 1. The molecule has 194 valence electrons. The van der Waals surface area contributed by atoms with Crippen molar-refractivity contribution in [1.82, 2.24) is 14.2 Å². The predicted octanol–water partition coefficient (Wildman–Crippen LogP) is 4.84. The van der Waals surface area contributed by atoms with Crippen molar-refractivity contribution >= 4 is 42.6 Å². The number of amides is 1. The molecule has 1 atom stereocenters. The Morgan fingerprint density at radius 1 is 1.14 bits per heavy atom. The van der Waals surface area contributed by atoms with Crippen molar-refractivity contribution in [2.24, 2.45) is 5.92 Å². The van der Waals surface area contributed by atoms with Gasteiger partial charge >= 0.3 is 0 Å². The molecule has 0 spiro atoms. The number of aromatic nitrogens is 1. The minimum Gasteiger partial charge on any atom is -0.302 e. The molecule has 7 nitrogen and oxygen atoms in total. The molecule has 1 saturated heterocycles. The van der Waals surface area contributed by atoms with E-state index in [4.69, 9.17) is 0 Å². The van der Waals surface area contributed by atoms with Crippen LogP contribution in [0.2, 0.25) is 0 Å². The summed E-state index contributed by atoms with van der Waals surface area (Å²) in [6.45, 7) is 10.0. The molecule has 0 radical (unpaired) electrons. The summed E-state index contributed by atoms with van der Waals surface area (Å²) in [4.78, 5) is 22.2. The molecular weight excluding hydrogens is 499 g/mol. The van der Waals surface area contributed by atoms with Crippen LogP contribution in [0.3, 0.4) is 0 Å². The number of likely N-dealkylation sites (N-methyl/N-ethyl adjacent to an activating group) is 1. The Labute approximate surface area is 216 Å². The third-order valence-electron chi connectivity index (χ3n) is 6.71.